The zero-order valence-electron chi connectivity index (χ0n) is 5.72. The number of allylic oxidation sites excluding steroid dienone is 4. The monoisotopic (exact) mass is 110 g/mol. The molecule has 0 fully saturated rings. The van der Waals surface area contributed by atoms with Crippen LogP contribution in [0.2, 0.25) is 0 Å². The van der Waals surface area contributed by atoms with Gasteiger partial charge in [-0.25, -0.2) is 0 Å². The van der Waals surface area contributed by atoms with Gasteiger partial charge in [-0.1, -0.05) is 38.2 Å². The predicted octanol–water partition coefficient (Wildman–Crippen LogP) is 2.92. The molecule has 0 aromatic rings. The maximum absolute atomic E-state index is 2.18. The van der Waals surface area contributed by atoms with Crippen molar-refractivity contribution in [3.05, 3.63) is 24.3 Å². The first-order chi connectivity index (χ1) is 4.00. The van der Waals surface area contributed by atoms with Crippen LogP contribution in [0.4, 0.5) is 0 Å². The molecule has 0 saturated heterocycles. The predicted molar refractivity (Wildman–Crippen MR) is 38.9 cm³/mol. The highest BCUT2D eigenvalue weighted by Gasteiger charge is 1.76. The summed E-state index contributed by atoms with van der Waals surface area (Å²) >= 11 is 0. The first kappa shape index (κ1) is 7.48. The molecule has 0 aromatic heterocycles. The fourth-order valence-corrected chi connectivity index (χ4v) is 0.542. The van der Waals surface area contributed by atoms with Gasteiger partial charge in [-0.15, -0.1) is 0 Å². The summed E-state index contributed by atoms with van der Waals surface area (Å²) in [4.78, 5) is 0. The molecule has 0 aliphatic heterocycles. The molecule has 0 radical (unpaired) electrons. The molecular formula is C8H14. The number of rotatable bonds is 0. The Balaban J connectivity index is 0.000000222. The van der Waals surface area contributed by atoms with Crippen LogP contribution in [0.3, 0.4) is 0 Å². The van der Waals surface area contributed by atoms with Crippen LogP contribution in [0.1, 0.15) is 26.7 Å². The molecule has 1 aliphatic carbocycles. The fraction of sp³-hybridized carbons (Fsp3) is 0.500. The Morgan fingerprint density at radius 3 is 1.12 bits per heavy atom. The lowest BCUT2D eigenvalue weighted by Gasteiger charge is -1.87. The minimum Gasteiger partial charge on any atom is -0.0844 e. The molecule has 0 amide bonds. The topological polar surface area (TPSA) is 0 Å². The number of hydrogen-bond acceptors (Lipinski definition) is 0. The SMILES string of the molecule is C1=CCC=CC1.CC. The van der Waals surface area contributed by atoms with Crippen LogP contribution in [0.5, 0.6) is 0 Å². The van der Waals surface area contributed by atoms with E-state index in [0.717, 1.165) is 12.8 Å². The molecule has 8 heavy (non-hydrogen) atoms. The van der Waals surface area contributed by atoms with Gasteiger partial charge in [0.15, 0.2) is 0 Å². The van der Waals surface area contributed by atoms with Crippen LogP contribution in [0.25, 0.3) is 0 Å². The van der Waals surface area contributed by atoms with E-state index in [4.69, 9.17) is 0 Å². The highest BCUT2D eigenvalue weighted by molar-refractivity contribution is 5.02. The summed E-state index contributed by atoms with van der Waals surface area (Å²) in [5, 5.41) is 0. The van der Waals surface area contributed by atoms with E-state index >= 15 is 0 Å². The van der Waals surface area contributed by atoms with Gasteiger partial charge in [-0.2, -0.15) is 0 Å². The summed E-state index contributed by atoms with van der Waals surface area (Å²) in [7, 11) is 0. The third kappa shape index (κ3) is 3.66. The quantitative estimate of drug-likeness (QED) is 0.420. The second kappa shape index (κ2) is 6.48. The van der Waals surface area contributed by atoms with E-state index < -0.39 is 0 Å². The highest BCUT2D eigenvalue weighted by atomic mass is 13.8. The van der Waals surface area contributed by atoms with Gasteiger partial charge in [-0.3, -0.25) is 0 Å². The van der Waals surface area contributed by atoms with Gasteiger partial charge in [0.1, 0.15) is 0 Å². The van der Waals surface area contributed by atoms with Crippen LogP contribution in [-0.4, -0.2) is 0 Å². The largest absolute Gasteiger partial charge is 0.0844 e. The van der Waals surface area contributed by atoms with E-state index in [1.165, 1.54) is 0 Å². The van der Waals surface area contributed by atoms with E-state index in [2.05, 4.69) is 24.3 Å². The Morgan fingerprint density at radius 2 is 1.00 bits per heavy atom. The summed E-state index contributed by atoms with van der Waals surface area (Å²) in [6.45, 7) is 4.00. The Morgan fingerprint density at radius 1 is 0.750 bits per heavy atom. The average molecular weight is 110 g/mol. The summed E-state index contributed by atoms with van der Waals surface area (Å²) < 4.78 is 0. The third-order valence-corrected chi connectivity index (χ3v) is 0.878. The molecule has 0 saturated carbocycles. The molecule has 0 N–H and O–H groups in total. The van der Waals surface area contributed by atoms with Crippen LogP contribution in [0, 0.1) is 0 Å². The van der Waals surface area contributed by atoms with E-state index in [1.54, 1.807) is 0 Å². The Bertz CT molecular complexity index is 58.0. The first-order valence-corrected chi connectivity index (χ1v) is 3.30. The molecule has 0 heteroatoms. The summed E-state index contributed by atoms with van der Waals surface area (Å²) in [5.41, 5.74) is 0. The molecule has 0 nitrogen and oxygen atoms in total. The van der Waals surface area contributed by atoms with Gasteiger partial charge < -0.3 is 0 Å². The van der Waals surface area contributed by atoms with Crippen LogP contribution in [-0.2, 0) is 0 Å². The zero-order chi connectivity index (χ0) is 6.24. The summed E-state index contributed by atoms with van der Waals surface area (Å²) in [6, 6.07) is 0. The molecule has 0 bridgehead atoms. The zero-order valence-corrected chi connectivity index (χ0v) is 5.72. The van der Waals surface area contributed by atoms with Crippen molar-refractivity contribution >= 4 is 0 Å². The van der Waals surface area contributed by atoms with E-state index in [9.17, 15) is 0 Å². The van der Waals surface area contributed by atoms with Gasteiger partial charge >= 0.3 is 0 Å². The van der Waals surface area contributed by atoms with Crippen molar-refractivity contribution in [2.75, 3.05) is 0 Å². The summed E-state index contributed by atoms with van der Waals surface area (Å²) in [6.07, 6.45) is 11.0. The van der Waals surface area contributed by atoms with Gasteiger partial charge in [0, 0.05) is 0 Å². The van der Waals surface area contributed by atoms with Crippen molar-refractivity contribution in [1.29, 1.82) is 0 Å². The molecule has 1 aliphatic rings. The third-order valence-electron chi connectivity index (χ3n) is 0.878. The maximum Gasteiger partial charge on any atom is -0.0169 e. The molecule has 1 rings (SSSR count). The lowest BCUT2D eigenvalue weighted by atomic mass is 10.2. The van der Waals surface area contributed by atoms with E-state index in [-0.39, 0.29) is 0 Å². The molecule has 0 spiro atoms. The standard InChI is InChI=1S/C6H8.C2H6/c1-2-4-6-5-3-1;1-2/h1-2,5-6H,3-4H2;1-2H3. The van der Waals surface area contributed by atoms with Crippen molar-refractivity contribution in [1.82, 2.24) is 0 Å². The van der Waals surface area contributed by atoms with Gasteiger partial charge in [0.25, 0.3) is 0 Å². The van der Waals surface area contributed by atoms with E-state index in [1.807, 2.05) is 13.8 Å². The second-order valence-electron chi connectivity index (χ2n) is 1.41. The van der Waals surface area contributed by atoms with Crippen molar-refractivity contribution < 1.29 is 0 Å². The number of hydrogen-bond donors (Lipinski definition) is 0. The van der Waals surface area contributed by atoms with Gasteiger partial charge in [0.05, 0.1) is 0 Å². The second-order valence-corrected chi connectivity index (χ2v) is 1.41. The first-order valence-electron chi connectivity index (χ1n) is 3.30. The Kier molecular flexibility index (Phi) is 6.06. The Hall–Kier alpha value is -0.520. The molecular weight excluding hydrogens is 96.1 g/mol. The average Bonchev–Trinajstić information content (AvgIpc) is 1.96. The van der Waals surface area contributed by atoms with Crippen LogP contribution in [0.15, 0.2) is 24.3 Å². The normalized spacial score (nSPS) is 14.8. The van der Waals surface area contributed by atoms with Crippen molar-refractivity contribution in [3.8, 4) is 0 Å². The molecule has 0 atom stereocenters. The van der Waals surface area contributed by atoms with Gasteiger partial charge in [0.2, 0.25) is 0 Å². The van der Waals surface area contributed by atoms with Crippen LogP contribution >= 0.6 is 0 Å². The summed E-state index contributed by atoms with van der Waals surface area (Å²) in [5.74, 6) is 0. The van der Waals surface area contributed by atoms with Crippen molar-refractivity contribution in [3.63, 3.8) is 0 Å². The lowest BCUT2D eigenvalue weighted by molar-refractivity contribution is 1.23. The van der Waals surface area contributed by atoms with Gasteiger partial charge in [-0.05, 0) is 12.8 Å². The van der Waals surface area contributed by atoms with Crippen molar-refractivity contribution in [2.24, 2.45) is 0 Å². The highest BCUT2D eigenvalue weighted by Crippen LogP contribution is 1.97. The van der Waals surface area contributed by atoms with Crippen LogP contribution < -0.4 is 0 Å². The molecule has 0 heterocycles. The lowest BCUT2D eigenvalue weighted by Crippen LogP contribution is -1.66. The van der Waals surface area contributed by atoms with Crippen molar-refractivity contribution in [2.45, 2.75) is 26.7 Å². The maximum atomic E-state index is 2.18. The minimum absolute atomic E-state index is 1.14. The van der Waals surface area contributed by atoms with E-state index in [0.29, 0.717) is 0 Å². The smallest absolute Gasteiger partial charge is 0.0169 e. The Labute approximate surface area is 51.9 Å². The molecule has 0 unspecified atom stereocenters. The molecule has 46 valence electrons. The fourth-order valence-electron chi connectivity index (χ4n) is 0.542. The molecule has 0 aromatic carbocycles. The minimum atomic E-state index is 1.14.